The molecular weight excluding hydrogens is 561 g/mol. The number of ether oxygens (including phenoxy) is 1. The Morgan fingerprint density at radius 3 is 2.48 bits per heavy atom. The van der Waals surface area contributed by atoms with Gasteiger partial charge in [0, 0.05) is 12.6 Å². The molecule has 0 N–H and O–H groups in total. The van der Waals surface area contributed by atoms with Crippen LogP contribution in [0, 0.1) is 11.3 Å². The first kappa shape index (κ1) is 30.7. The summed E-state index contributed by atoms with van der Waals surface area (Å²) in [5.74, 6) is -0.000813. The summed E-state index contributed by atoms with van der Waals surface area (Å²) < 4.78 is 74.0. The van der Waals surface area contributed by atoms with Crippen molar-refractivity contribution in [2.45, 2.75) is 84.4 Å². The number of fused-ring (bicyclic) bond motifs is 1. The highest BCUT2D eigenvalue weighted by atomic mass is 19.4. The Hall–Kier alpha value is -4.28. The Bertz CT molecular complexity index is 1450. The van der Waals surface area contributed by atoms with E-state index in [4.69, 9.17) is 10.00 Å². The van der Waals surface area contributed by atoms with Gasteiger partial charge in [0.15, 0.2) is 0 Å². The number of carbonyl (C=O) groups excluding carboxylic acids is 1. The van der Waals surface area contributed by atoms with Crippen molar-refractivity contribution >= 4 is 17.7 Å². The summed E-state index contributed by atoms with van der Waals surface area (Å²) >= 11 is 0. The molecule has 0 radical (unpaired) electrons. The Morgan fingerprint density at radius 1 is 1.14 bits per heavy atom. The molecule has 0 saturated heterocycles. The number of hydrogen-bond acceptors (Lipinski definition) is 7. The van der Waals surface area contributed by atoms with E-state index in [2.05, 4.69) is 15.4 Å². The Kier molecular flexibility index (Phi) is 9.28. The number of nitriles is 1. The molecular formula is C28H30F5N7O2. The normalized spacial score (nSPS) is 16.7. The van der Waals surface area contributed by atoms with E-state index in [0.29, 0.717) is 23.2 Å². The third-order valence-corrected chi connectivity index (χ3v) is 6.90. The fraction of sp³-hybridized carbons (Fsp3) is 0.464. The number of aromatic nitrogens is 4. The molecule has 1 aliphatic rings. The Balaban J connectivity index is 1.88. The molecule has 224 valence electrons. The van der Waals surface area contributed by atoms with Gasteiger partial charge in [0.2, 0.25) is 0 Å². The summed E-state index contributed by atoms with van der Waals surface area (Å²) in [5, 5.41) is 21.3. The molecule has 9 nitrogen and oxygen atoms in total. The van der Waals surface area contributed by atoms with Crippen LogP contribution < -0.4 is 9.80 Å². The van der Waals surface area contributed by atoms with E-state index < -0.39 is 49.4 Å². The van der Waals surface area contributed by atoms with Crippen LogP contribution in [0.2, 0.25) is 0 Å². The first-order valence-electron chi connectivity index (χ1n) is 13.3. The SMILES string of the molecule is CC[C@@H]1C[C@H](N(Cc2cc(CF)cc(C(F)(F)F)c2)c2nnn(CC#N)n2)c2cc(CF)ccc2N1C(=O)OC(C)C. The fourth-order valence-corrected chi connectivity index (χ4v) is 5.10. The van der Waals surface area contributed by atoms with E-state index in [1.807, 2.05) is 13.0 Å². The summed E-state index contributed by atoms with van der Waals surface area (Å²) in [6.45, 7) is 2.99. The molecule has 2 atom stereocenters. The van der Waals surface area contributed by atoms with Crippen LogP contribution in [0.15, 0.2) is 36.4 Å². The third kappa shape index (κ3) is 6.61. The smallest absolute Gasteiger partial charge is 0.416 e. The number of alkyl halides is 5. The van der Waals surface area contributed by atoms with Crippen molar-refractivity contribution in [1.82, 2.24) is 20.2 Å². The molecule has 0 spiro atoms. The largest absolute Gasteiger partial charge is 0.446 e. The highest BCUT2D eigenvalue weighted by molar-refractivity contribution is 5.90. The number of tetrazole rings is 1. The van der Waals surface area contributed by atoms with Gasteiger partial charge in [-0.3, -0.25) is 4.90 Å². The molecule has 14 heteroatoms. The zero-order chi connectivity index (χ0) is 30.6. The van der Waals surface area contributed by atoms with Crippen LogP contribution in [0.25, 0.3) is 0 Å². The minimum atomic E-state index is -4.71. The van der Waals surface area contributed by atoms with Crippen LogP contribution in [0.3, 0.4) is 0 Å². The van der Waals surface area contributed by atoms with Gasteiger partial charge in [-0.15, -0.1) is 9.90 Å². The molecule has 4 rings (SSSR count). The summed E-state index contributed by atoms with van der Waals surface area (Å²) in [5.41, 5.74) is 0.247. The first-order valence-corrected chi connectivity index (χ1v) is 13.3. The van der Waals surface area contributed by atoms with Gasteiger partial charge in [-0.2, -0.15) is 18.4 Å². The van der Waals surface area contributed by atoms with Crippen LogP contribution in [-0.4, -0.2) is 38.4 Å². The van der Waals surface area contributed by atoms with Gasteiger partial charge in [-0.05, 0) is 78.4 Å². The van der Waals surface area contributed by atoms with Gasteiger partial charge in [0.05, 0.1) is 29.5 Å². The highest BCUT2D eigenvalue weighted by Crippen LogP contribution is 2.44. The zero-order valence-corrected chi connectivity index (χ0v) is 23.3. The van der Waals surface area contributed by atoms with Gasteiger partial charge < -0.3 is 9.64 Å². The molecule has 2 heterocycles. The monoisotopic (exact) mass is 591 g/mol. The number of rotatable bonds is 9. The minimum Gasteiger partial charge on any atom is -0.446 e. The first-order chi connectivity index (χ1) is 20.0. The Morgan fingerprint density at radius 2 is 1.86 bits per heavy atom. The zero-order valence-electron chi connectivity index (χ0n) is 23.3. The third-order valence-electron chi connectivity index (χ3n) is 6.90. The van der Waals surface area contributed by atoms with E-state index in [-0.39, 0.29) is 36.6 Å². The lowest BCUT2D eigenvalue weighted by molar-refractivity contribution is -0.137. The van der Waals surface area contributed by atoms with Gasteiger partial charge in [-0.25, -0.2) is 13.6 Å². The van der Waals surface area contributed by atoms with Crippen molar-refractivity contribution in [1.29, 1.82) is 5.26 Å². The number of amides is 1. The Labute approximate surface area is 239 Å². The minimum absolute atomic E-state index is 0.000813. The molecule has 42 heavy (non-hydrogen) atoms. The van der Waals surface area contributed by atoms with E-state index in [1.165, 1.54) is 11.0 Å². The second-order valence-corrected chi connectivity index (χ2v) is 10.2. The predicted octanol–water partition coefficient (Wildman–Crippen LogP) is 6.44. The quantitative estimate of drug-likeness (QED) is 0.264. The molecule has 3 aromatic rings. The summed E-state index contributed by atoms with van der Waals surface area (Å²) in [7, 11) is 0. The van der Waals surface area contributed by atoms with Crippen molar-refractivity contribution in [3.63, 3.8) is 0 Å². The van der Waals surface area contributed by atoms with Crippen LogP contribution >= 0.6 is 0 Å². The van der Waals surface area contributed by atoms with Crippen molar-refractivity contribution in [2.75, 3.05) is 9.80 Å². The average Bonchev–Trinajstić information content (AvgIpc) is 3.42. The van der Waals surface area contributed by atoms with Crippen LogP contribution in [-0.2, 0) is 37.4 Å². The molecule has 0 bridgehead atoms. The maximum atomic E-state index is 13.9. The number of carbonyl (C=O) groups is 1. The van der Waals surface area contributed by atoms with Crippen molar-refractivity contribution < 1.29 is 31.5 Å². The lowest BCUT2D eigenvalue weighted by Crippen LogP contribution is -2.48. The predicted molar refractivity (Wildman–Crippen MR) is 143 cm³/mol. The van der Waals surface area contributed by atoms with E-state index >= 15 is 0 Å². The molecule has 2 aromatic carbocycles. The number of hydrogen-bond donors (Lipinski definition) is 0. The maximum Gasteiger partial charge on any atom is 0.416 e. The topological polar surface area (TPSA) is 100 Å². The standard InChI is InChI=1S/C28H30F5N7O2/c1-4-22-13-25(23-12-18(14-29)5-6-24(23)40(22)27(41)42-17(2)3)38(26-35-37-39(36-26)8-7-34)16-20-9-19(15-30)10-21(11-20)28(31,32)33/h5-6,9-12,17,22,25H,4,8,13-16H2,1-3H3/t22-,25+/m1/s1. The maximum absolute atomic E-state index is 13.9. The molecule has 0 unspecified atom stereocenters. The molecule has 1 aliphatic heterocycles. The van der Waals surface area contributed by atoms with Crippen molar-refractivity contribution in [3.8, 4) is 6.07 Å². The average molecular weight is 592 g/mol. The van der Waals surface area contributed by atoms with Gasteiger partial charge in [0.1, 0.15) is 19.9 Å². The van der Waals surface area contributed by atoms with Gasteiger partial charge >= 0.3 is 12.3 Å². The van der Waals surface area contributed by atoms with E-state index in [9.17, 15) is 26.7 Å². The molecule has 0 saturated carbocycles. The molecule has 0 fully saturated rings. The summed E-state index contributed by atoms with van der Waals surface area (Å²) in [6.07, 6.45) is -4.95. The van der Waals surface area contributed by atoms with Crippen molar-refractivity contribution in [3.05, 3.63) is 64.2 Å². The second-order valence-electron chi connectivity index (χ2n) is 10.2. The highest BCUT2D eigenvalue weighted by Gasteiger charge is 2.40. The fourth-order valence-electron chi connectivity index (χ4n) is 5.10. The van der Waals surface area contributed by atoms with E-state index in [0.717, 1.165) is 16.9 Å². The van der Waals surface area contributed by atoms with Gasteiger partial charge in [0.25, 0.3) is 5.95 Å². The van der Waals surface area contributed by atoms with Crippen LogP contribution in [0.4, 0.5) is 38.4 Å². The summed E-state index contributed by atoms with van der Waals surface area (Å²) in [6, 6.07) is 8.59. The van der Waals surface area contributed by atoms with Crippen molar-refractivity contribution in [2.24, 2.45) is 0 Å². The van der Waals surface area contributed by atoms with Crippen LogP contribution in [0.1, 0.15) is 67.5 Å². The molecule has 1 amide bonds. The lowest BCUT2D eigenvalue weighted by Gasteiger charge is -2.44. The molecule has 1 aromatic heterocycles. The molecule has 0 aliphatic carbocycles. The van der Waals surface area contributed by atoms with Gasteiger partial charge in [-0.1, -0.05) is 24.2 Å². The lowest BCUT2D eigenvalue weighted by atomic mass is 9.87. The summed E-state index contributed by atoms with van der Waals surface area (Å²) in [4.78, 5) is 17.4. The van der Waals surface area contributed by atoms with E-state index in [1.54, 1.807) is 36.9 Å². The number of anilines is 2. The second kappa shape index (κ2) is 12.7. The number of nitrogens with zero attached hydrogens (tertiary/aromatic N) is 7. The number of halogens is 5. The number of benzene rings is 2. The van der Waals surface area contributed by atoms with Crippen LogP contribution in [0.5, 0.6) is 0 Å².